The number of amides is 1. The second kappa shape index (κ2) is 8.83. The van der Waals surface area contributed by atoms with Crippen molar-refractivity contribution < 1.29 is 14.3 Å². The molecule has 0 fully saturated rings. The zero-order chi connectivity index (χ0) is 17.5. The Balaban J connectivity index is 1.75. The zero-order valence-corrected chi connectivity index (χ0v) is 15.2. The molecule has 0 heterocycles. The maximum atomic E-state index is 13.1. The molecule has 128 valence electrons. The molecule has 0 bridgehead atoms. The fourth-order valence-electron chi connectivity index (χ4n) is 2.50. The van der Waals surface area contributed by atoms with E-state index in [1.807, 2.05) is 12.1 Å². The summed E-state index contributed by atoms with van der Waals surface area (Å²) in [5.74, 6) is 0.0434. The molecule has 3 nitrogen and oxygen atoms in total. The summed E-state index contributed by atoms with van der Waals surface area (Å²) in [6.07, 6.45) is 3.01. The van der Waals surface area contributed by atoms with Gasteiger partial charge in [0.05, 0.1) is 0 Å². The second-order valence-corrected chi connectivity index (χ2v) is 6.72. The third-order valence-corrected chi connectivity index (χ3v) is 4.60. The van der Waals surface area contributed by atoms with Gasteiger partial charge < -0.3 is 10.0 Å². The van der Waals surface area contributed by atoms with Crippen LogP contribution in [0.4, 0.5) is 4.39 Å². The van der Waals surface area contributed by atoms with Crippen LogP contribution in [0, 0.1) is 5.82 Å². The Morgan fingerprint density at radius 3 is 2.71 bits per heavy atom. The molecule has 0 radical (unpaired) electrons. The van der Waals surface area contributed by atoms with Gasteiger partial charge >= 0.3 is 0 Å². The molecule has 0 saturated carbocycles. The fourth-order valence-corrected chi connectivity index (χ4v) is 2.98. The molecule has 0 unspecified atom stereocenters. The summed E-state index contributed by atoms with van der Waals surface area (Å²) in [6, 6.07) is 11.7. The van der Waals surface area contributed by atoms with Crippen LogP contribution in [0.2, 0.25) is 0 Å². The first-order valence-corrected chi connectivity index (χ1v) is 8.71. The molecule has 2 rings (SSSR count). The average Bonchev–Trinajstić information content (AvgIpc) is 2.54. The Labute approximate surface area is 150 Å². The summed E-state index contributed by atoms with van der Waals surface area (Å²) in [4.78, 5) is 13.8. The third kappa shape index (κ3) is 5.64. The van der Waals surface area contributed by atoms with E-state index in [1.54, 1.807) is 30.1 Å². The summed E-state index contributed by atoms with van der Waals surface area (Å²) in [7, 11) is 1.76. The number of rotatable bonds is 7. The maximum Gasteiger partial charge on any atom is 0.222 e. The minimum Gasteiger partial charge on any atom is -0.508 e. The number of unbranched alkanes of at least 4 members (excludes halogenated alkanes) is 1. The van der Waals surface area contributed by atoms with E-state index in [0.29, 0.717) is 17.4 Å². The van der Waals surface area contributed by atoms with Gasteiger partial charge in [0.1, 0.15) is 11.6 Å². The van der Waals surface area contributed by atoms with Crippen LogP contribution in [0.1, 0.15) is 30.4 Å². The van der Waals surface area contributed by atoms with Gasteiger partial charge in [0.15, 0.2) is 0 Å². The van der Waals surface area contributed by atoms with Gasteiger partial charge in [-0.25, -0.2) is 4.39 Å². The highest BCUT2D eigenvalue weighted by Gasteiger charge is 2.11. The number of aryl methyl sites for hydroxylation is 1. The van der Waals surface area contributed by atoms with E-state index in [4.69, 9.17) is 0 Å². The van der Waals surface area contributed by atoms with Crippen LogP contribution in [0.25, 0.3) is 0 Å². The number of phenols is 1. The van der Waals surface area contributed by atoms with Crippen LogP contribution in [-0.2, 0) is 17.8 Å². The first-order chi connectivity index (χ1) is 11.5. The van der Waals surface area contributed by atoms with E-state index >= 15 is 0 Å². The Morgan fingerprint density at radius 2 is 2.00 bits per heavy atom. The Kier molecular flexibility index (Phi) is 6.79. The number of hydrogen-bond donors (Lipinski definition) is 1. The maximum absolute atomic E-state index is 13.1. The molecule has 0 aliphatic carbocycles. The van der Waals surface area contributed by atoms with E-state index in [0.717, 1.165) is 30.4 Å². The first kappa shape index (κ1) is 18.5. The summed E-state index contributed by atoms with van der Waals surface area (Å²) in [6.45, 7) is 0.451. The van der Waals surface area contributed by atoms with Crippen LogP contribution >= 0.6 is 15.9 Å². The van der Waals surface area contributed by atoms with Crippen LogP contribution in [0.15, 0.2) is 46.9 Å². The molecular weight excluding hydrogens is 373 g/mol. The molecule has 2 aromatic rings. The van der Waals surface area contributed by atoms with Gasteiger partial charge in [-0.2, -0.15) is 0 Å². The summed E-state index contributed by atoms with van der Waals surface area (Å²) >= 11 is 3.32. The average molecular weight is 394 g/mol. The van der Waals surface area contributed by atoms with Crippen LogP contribution in [-0.4, -0.2) is 23.0 Å². The Bertz CT molecular complexity index is 706. The van der Waals surface area contributed by atoms with Gasteiger partial charge in [0.2, 0.25) is 5.91 Å². The van der Waals surface area contributed by atoms with Gasteiger partial charge in [0, 0.05) is 24.5 Å². The molecule has 0 aliphatic heterocycles. The molecule has 0 spiro atoms. The summed E-state index contributed by atoms with van der Waals surface area (Å²) < 4.78 is 13.8. The molecule has 1 amide bonds. The quantitative estimate of drug-likeness (QED) is 0.694. The van der Waals surface area contributed by atoms with Crippen molar-refractivity contribution in [2.24, 2.45) is 0 Å². The molecule has 2 aromatic carbocycles. The van der Waals surface area contributed by atoms with Crippen LogP contribution < -0.4 is 0 Å². The van der Waals surface area contributed by atoms with Gasteiger partial charge in [-0.3, -0.25) is 4.79 Å². The molecule has 24 heavy (non-hydrogen) atoms. The van der Waals surface area contributed by atoms with E-state index < -0.39 is 0 Å². The molecular formula is C19H21BrFNO2. The predicted octanol–water partition coefficient (Wildman–Crippen LogP) is 4.67. The monoisotopic (exact) mass is 393 g/mol. The van der Waals surface area contributed by atoms with Crippen molar-refractivity contribution in [3.05, 3.63) is 63.9 Å². The van der Waals surface area contributed by atoms with Gasteiger partial charge in [0.25, 0.3) is 0 Å². The van der Waals surface area contributed by atoms with Crippen molar-refractivity contribution in [1.82, 2.24) is 4.90 Å². The van der Waals surface area contributed by atoms with Crippen molar-refractivity contribution in [2.45, 2.75) is 32.2 Å². The number of carbonyl (C=O) groups excluding carboxylic acids is 1. The molecule has 0 atom stereocenters. The highest BCUT2D eigenvalue weighted by molar-refractivity contribution is 9.10. The molecule has 1 N–H and O–H groups in total. The molecule has 0 aromatic heterocycles. The predicted molar refractivity (Wildman–Crippen MR) is 96.2 cm³/mol. The lowest BCUT2D eigenvalue weighted by Crippen LogP contribution is -2.26. The lowest BCUT2D eigenvalue weighted by molar-refractivity contribution is -0.130. The van der Waals surface area contributed by atoms with E-state index in [-0.39, 0.29) is 17.5 Å². The van der Waals surface area contributed by atoms with Crippen molar-refractivity contribution in [3.8, 4) is 5.75 Å². The largest absolute Gasteiger partial charge is 0.508 e. The molecule has 5 heteroatoms. The summed E-state index contributed by atoms with van der Waals surface area (Å²) in [5.41, 5.74) is 1.96. The van der Waals surface area contributed by atoms with E-state index in [1.165, 1.54) is 12.1 Å². The van der Waals surface area contributed by atoms with Crippen LogP contribution in [0.3, 0.4) is 0 Å². The standard InChI is InChI=1S/C19H21BrFNO2/c1-22(13-15-9-10-16(21)12-18(15)20)19(24)8-3-2-5-14-6-4-7-17(23)11-14/h4,6-7,9-12,23H,2-3,5,8,13H2,1H3. The smallest absolute Gasteiger partial charge is 0.222 e. The Morgan fingerprint density at radius 1 is 1.21 bits per heavy atom. The second-order valence-electron chi connectivity index (χ2n) is 5.86. The minimum absolute atomic E-state index is 0.0714. The molecule has 0 aliphatic rings. The number of carbonyl (C=O) groups is 1. The molecule has 0 saturated heterocycles. The fraction of sp³-hybridized carbons (Fsp3) is 0.316. The summed E-state index contributed by atoms with van der Waals surface area (Å²) in [5, 5.41) is 9.42. The minimum atomic E-state index is -0.299. The lowest BCUT2D eigenvalue weighted by Gasteiger charge is -2.18. The third-order valence-electron chi connectivity index (χ3n) is 3.87. The number of hydrogen-bond acceptors (Lipinski definition) is 2. The number of phenolic OH excluding ortho intramolecular Hbond substituents is 1. The highest BCUT2D eigenvalue weighted by atomic mass is 79.9. The normalized spacial score (nSPS) is 10.6. The first-order valence-electron chi connectivity index (χ1n) is 7.91. The van der Waals surface area contributed by atoms with Crippen molar-refractivity contribution in [2.75, 3.05) is 7.05 Å². The number of nitrogens with zero attached hydrogens (tertiary/aromatic N) is 1. The van der Waals surface area contributed by atoms with Crippen molar-refractivity contribution in [1.29, 1.82) is 0 Å². The number of benzene rings is 2. The van der Waals surface area contributed by atoms with Gasteiger partial charge in [-0.05, 0) is 54.7 Å². The van der Waals surface area contributed by atoms with Crippen molar-refractivity contribution in [3.63, 3.8) is 0 Å². The topological polar surface area (TPSA) is 40.5 Å². The SMILES string of the molecule is CN(Cc1ccc(F)cc1Br)C(=O)CCCCc1cccc(O)c1. The van der Waals surface area contributed by atoms with Crippen molar-refractivity contribution >= 4 is 21.8 Å². The lowest BCUT2D eigenvalue weighted by atomic mass is 10.1. The van der Waals surface area contributed by atoms with Gasteiger partial charge in [-0.15, -0.1) is 0 Å². The number of halogens is 2. The Hall–Kier alpha value is -1.88. The van der Waals surface area contributed by atoms with E-state index in [2.05, 4.69) is 15.9 Å². The highest BCUT2D eigenvalue weighted by Crippen LogP contribution is 2.20. The van der Waals surface area contributed by atoms with Gasteiger partial charge in [-0.1, -0.05) is 34.1 Å². The number of aromatic hydroxyl groups is 1. The van der Waals surface area contributed by atoms with E-state index in [9.17, 15) is 14.3 Å². The zero-order valence-electron chi connectivity index (χ0n) is 13.6. The van der Waals surface area contributed by atoms with Crippen LogP contribution in [0.5, 0.6) is 5.75 Å².